The zero-order chi connectivity index (χ0) is 14.6. The molecule has 1 aromatic rings. The molecule has 1 aliphatic carbocycles. The Kier molecular flexibility index (Phi) is 5.26. The fourth-order valence-corrected chi connectivity index (χ4v) is 3.82. The van der Waals surface area contributed by atoms with Crippen molar-refractivity contribution < 1.29 is 0 Å². The number of hydrogen-bond donors (Lipinski definition) is 1. The third-order valence-electron chi connectivity index (χ3n) is 5.43. The quantitative estimate of drug-likeness (QED) is 0.754. The molecule has 1 saturated carbocycles. The van der Waals surface area contributed by atoms with Crippen LogP contribution in [0.5, 0.6) is 0 Å². The van der Waals surface area contributed by atoms with Crippen LogP contribution in [0.3, 0.4) is 0 Å². The van der Waals surface area contributed by atoms with Crippen molar-refractivity contribution in [3.8, 4) is 0 Å². The molecule has 0 aromatic heterocycles. The van der Waals surface area contributed by atoms with Crippen LogP contribution in [0.25, 0.3) is 0 Å². The van der Waals surface area contributed by atoms with Gasteiger partial charge < -0.3 is 5.32 Å². The molecule has 1 fully saturated rings. The van der Waals surface area contributed by atoms with E-state index < -0.39 is 0 Å². The summed E-state index contributed by atoms with van der Waals surface area (Å²) in [6.07, 6.45) is 8.11. The van der Waals surface area contributed by atoms with Gasteiger partial charge in [0.25, 0.3) is 0 Å². The first-order valence-electron chi connectivity index (χ1n) is 8.38. The van der Waals surface area contributed by atoms with Gasteiger partial charge in [-0.2, -0.15) is 0 Å². The van der Waals surface area contributed by atoms with Crippen LogP contribution >= 0.6 is 0 Å². The summed E-state index contributed by atoms with van der Waals surface area (Å²) < 4.78 is 0. The van der Waals surface area contributed by atoms with Gasteiger partial charge in [0.2, 0.25) is 0 Å². The lowest BCUT2D eigenvalue weighted by atomic mass is 9.68. The van der Waals surface area contributed by atoms with E-state index in [9.17, 15) is 0 Å². The van der Waals surface area contributed by atoms with Crippen LogP contribution in [0.1, 0.15) is 82.4 Å². The van der Waals surface area contributed by atoms with E-state index in [0.717, 1.165) is 0 Å². The van der Waals surface area contributed by atoms with Crippen molar-refractivity contribution in [2.75, 3.05) is 7.05 Å². The fourth-order valence-electron chi connectivity index (χ4n) is 3.82. The lowest BCUT2D eigenvalue weighted by Crippen LogP contribution is -2.36. The van der Waals surface area contributed by atoms with E-state index in [2.05, 4.69) is 57.4 Å². The summed E-state index contributed by atoms with van der Waals surface area (Å²) in [4.78, 5) is 0. The average Bonchev–Trinajstić information content (AvgIpc) is 2.48. The summed E-state index contributed by atoms with van der Waals surface area (Å²) in [5.41, 5.74) is 3.36. The van der Waals surface area contributed by atoms with E-state index in [4.69, 9.17) is 0 Å². The molecule has 1 nitrogen and oxygen atoms in total. The van der Waals surface area contributed by atoms with Crippen LogP contribution < -0.4 is 5.32 Å². The highest BCUT2D eigenvalue weighted by molar-refractivity contribution is 5.28. The first-order chi connectivity index (χ1) is 9.60. The van der Waals surface area contributed by atoms with Crippen LogP contribution in [-0.2, 0) is 0 Å². The fraction of sp³-hybridized carbons (Fsp3) is 0.684. The minimum absolute atomic E-state index is 0.422. The standard InChI is InChI=1S/C19H31N/c1-5-15(2)16-9-11-17(12-10-16)18(20-4)19(3)13-7-6-8-14-19/h9-12,15,18,20H,5-8,13-14H2,1-4H3. The predicted octanol–water partition coefficient (Wildman–Crippen LogP) is 5.43. The molecule has 0 aliphatic heterocycles. The van der Waals surface area contributed by atoms with E-state index in [1.807, 2.05) is 0 Å². The molecule has 1 aromatic carbocycles. The lowest BCUT2D eigenvalue weighted by molar-refractivity contribution is 0.150. The lowest BCUT2D eigenvalue weighted by Gasteiger charge is -2.41. The Balaban J connectivity index is 2.19. The van der Waals surface area contributed by atoms with Crippen LogP contribution in [0.15, 0.2) is 24.3 Å². The highest BCUT2D eigenvalue weighted by Gasteiger charge is 2.35. The van der Waals surface area contributed by atoms with E-state index in [1.165, 1.54) is 49.7 Å². The minimum Gasteiger partial charge on any atom is -0.313 e. The largest absolute Gasteiger partial charge is 0.313 e. The van der Waals surface area contributed by atoms with Crippen molar-refractivity contribution in [3.63, 3.8) is 0 Å². The van der Waals surface area contributed by atoms with Crippen molar-refractivity contribution in [2.45, 2.75) is 71.3 Å². The SMILES string of the molecule is CCC(C)c1ccc(C(NC)C2(C)CCCCC2)cc1. The molecule has 2 unspecified atom stereocenters. The Bertz CT molecular complexity index is 400. The summed E-state index contributed by atoms with van der Waals surface area (Å²) in [7, 11) is 2.12. The topological polar surface area (TPSA) is 12.0 Å². The van der Waals surface area contributed by atoms with E-state index in [-0.39, 0.29) is 0 Å². The summed E-state index contributed by atoms with van der Waals surface area (Å²) in [6, 6.07) is 9.86. The number of benzene rings is 1. The van der Waals surface area contributed by atoms with Crippen LogP contribution in [0, 0.1) is 5.41 Å². The monoisotopic (exact) mass is 273 g/mol. The van der Waals surface area contributed by atoms with Crippen molar-refractivity contribution >= 4 is 0 Å². The van der Waals surface area contributed by atoms with Crippen molar-refractivity contribution in [3.05, 3.63) is 35.4 Å². The molecule has 112 valence electrons. The van der Waals surface area contributed by atoms with Gasteiger partial charge in [0.1, 0.15) is 0 Å². The van der Waals surface area contributed by atoms with Gasteiger partial charge in [-0.3, -0.25) is 0 Å². The van der Waals surface area contributed by atoms with Gasteiger partial charge in [-0.1, -0.05) is 64.3 Å². The Morgan fingerprint density at radius 2 is 1.60 bits per heavy atom. The Morgan fingerprint density at radius 3 is 2.10 bits per heavy atom. The Labute approximate surface area is 125 Å². The van der Waals surface area contributed by atoms with Gasteiger partial charge in [-0.15, -0.1) is 0 Å². The summed E-state index contributed by atoms with van der Waals surface area (Å²) in [5, 5.41) is 3.59. The normalized spacial score (nSPS) is 21.4. The molecule has 1 heteroatoms. The van der Waals surface area contributed by atoms with E-state index in [0.29, 0.717) is 17.4 Å². The second-order valence-electron chi connectivity index (χ2n) is 6.91. The smallest absolute Gasteiger partial charge is 0.0372 e. The average molecular weight is 273 g/mol. The Morgan fingerprint density at radius 1 is 1.05 bits per heavy atom. The van der Waals surface area contributed by atoms with Crippen molar-refractivity contribution in [1.29, 1.82) is 0 Å². The van der Waals surface area contributed by atoms with Gasteiger partial charge in [0, 0.05) is 6.04 Å². The molecule has 0 heterocycles. The molecular weight excluding hydrogens is 242 g/mol. The van der Waals surface area contributed by atoms with Crippen LogP contribution in [0.4, 0.5) is 0 Å². The molecule has 2 atom stereocenters. The predicted molar refractivity (Wildman–Crippen MR) is 88.1 cm³/mol. The summed E-state index contributed by atoms with van der Waals surface area (Å²) in [5.74, 6) is 0.669. The van der Waals surface area contributed by atoms with Gasteiger partial charge >= 0.3 is 0 Å². The van der Waals surface area contributed by atoms with Gasteiger partial charge in [0.05, 0.1) is 0 Å². The zero-order valence-corrected chi connectivity index (χ0v) is 13.7. The molecule has 2 rings (SSSR count). The second-order valence-corrected chi connectivity index (χ2v) is 6.91. The van der Waals surface area contributed by atoms with Gasteiger partial charge in [-0.25, -0.2) is 0 Å². The van der Waals surface area contributed by atoms with Gasteiger partial charge in [-0.05, 0) is 48.8 Å². The maximum absolute atomic E-state index is 3.59. The first kappa shape index (κ1) is 15.6. The van der Waals surface area contributed by atoms with Crippen molar-refractivity contribution in [2.24, 2.45) is 5.41 Å². The number of hydrogen-bond acceptors (Lipinski definition) is 1. The molecule has 0 radical (unpaired) electrons. The highest BCUT2D eigenvalue weighted by atomic mass is 14.9. The molecule has 0 spiro atoms. The molecular formula is C19H31N. The highest BCUT2D eigenvalue weighted by Crippen LogP contribution is 2.45. The molecule has 0 saturated heterocycles. The maximum atomic E-state index is 3.59. The molecule has 1 N–H and O–H groups in total. The van der Waals surface area contributed by atoms with E-state index >= 15 is 0 Å². The molecule has 20 heavy (non-hydrogen) atoms. The number of rotatable bonds is 5. The summed E-state index contributed by atoms with van der Waals surface area (Å²) >= 11 is 0. The molecule has 0 amide bonds. The summed E-state index contributed by atoms with van der Waals surface area (Å²) in [6.45, 7) is 7.04. The number of nitrogens with one attached hydrogen (secondary N) is 1. The Hall–Kier alpha value is -0.820. The minimum atomic E-state index is 0.422. The second kappa shape index (κ2) is 6.76. The zero-order valence-electron chi connectivity index (χ0n) is 13.7. The van der Waals surface area contributed by atoms with Crippen LogP contribution in [0.2, 0.25) is 0 Å². The first-order valence-corrected chi connectivity index (χ1v) is 8.38. The van der Waals surface area contributed by atoms with Crippen molar-refractivity contribution in [1.82, 2.24) is 5.32 Å². The molecule has 1 aliphatic rings. The third kappa shape index (κ3) is 3.25. The van der Waals surface area contributed by atoms with Gasteiger partial charge in [0.15, 0.2) is 0 Å². The van der Waals surface area contributed by atoms with E-state index in [1.54, 1.807) is 0 Å². The van der Waals surface area contributed by atoms with Crippen LogP contribution in [-0.4, -0.2) is 7.05 Å². The maximum Gasteiger partial charge on any atom is 0.0372 e. The molecule has 0 bridgehead atoms. The third-order valence-corrected chi connectivity index (χ3v) is 5.43.